The van der Waals surface area contributed by atoms with Gasteiger partial charge in [-0.15, -0.1) is 11.3 Å². The molecule has 2 aromatic rings. The third-order valence-electron chi connectivity index (χ3n) is 6.68. The Morgan fingerprint density at radius 3 is 2.77 bits per heavy atom. The SMILES string of the molecule is Cc1nc(CC(=O)N2CCCC(c3nc(C)c4c(n3)N(CC3CC3)CCC4)C2)cs1. The molecule has 6 nitrogen and oxygen atoms in total. The minimum atomic E-state index is 0.176. The standard InChI is InChI=1S/C23H31N5OS/c1-15-20-6-4-10-28(12-17-7-8-17)23(20)26-22(24-15)18-5-3-9-27(13-18)21(29)11-19-14-30-16(2)25-19/h14,17-18H,3-13H2,1-2H3. The number of aryl methyl sites for hydroxylation is 2. The van der Waals surface area contributed by atoms with Crippen molar-refractivity contribution in [3.63, 3.8) is 0 Å². The van der Waals surface area contributed by atoms with E-state index in [2.05, 4.69) is 16.8 Å². The molecular weight excluding hydrogens is 394 g/mol. The Morgan fingerprint density at radius 2 is 2.00 bits per heavy atom. The van der Waals surface area contributed by atoms with Crippen molar-refractivity contribution in [2.24, 2.45) is 5.92 Å². The Hall–Kier alpha value is -2.02. The van der Waals surface area contributed by atoms with Crippen LogP contribution in [-0.4, -0.2) is 51.9 Å². The normalized spacial score (nSPS) is 21.6. The molecule has 1 saturated heterocycles. The van der Waals surface area contributed by atoms with Crippen LogP contribution >= 0.6 is 11.3 Å². The van der Waals surface area contributed by atoms with Gasteiger partial charge in [-0.1, -0.05) is 0 Å². The maximum absolute atomic E-state index is 12.9. The third kappa shape index (κ3) is 4.22. The van der Waals surface area contributed by atoms with Gasteiger partial charge in [-0.2, -0.15) is 0 Å². The zero-order chi connectivity index (χ0) is 20.7. The summed E-state index contributed by atoms with van der Waals surface area (Å²) in [6.45, 7) is 7.94. The maximum atomic E-state index is 12.9. The van der Waals surface area contributed by atoms with Gasteiger partial charge in [0.25, 0.3) is 0 Å². The third-order valence-corrected chi connectivity index (χ3v) is 7.50. The molecular formula is C23H31N5OS. The first-order valence-corrected chi connectivity index (χ1v) is 12.3. The lowest BCUT2D eigenvalue weighted by Crippen LogP contribution is -2.41. The minimum Gasteiger partial charge on any atom is -0.356 e. The number of hydrogen-bond acceptors (Lipinski definition) is 6. The van der Waals surface area contributed by atoms with Gasteiger partial charge in [-0.25, -0.2) is 15.0 Å². The van der Waals surface area contributed by atoms with Crippen molar-refractivity contribution in [3.8, 4) is 0 Å². The molecule has 2 aromatic heterocycles. The zero-order valence-electron chi connectivity index (χ0n) is 18.1. The van der Waals surface area contributed by atoms with Crippen LogP contribution in [0.25, 0.3) is 0 Å². The Morgan fingerprint density at radius 1 is 1.13 bits per heavy atom. The first kappa shape index (κ1) is 19.9. The number of amides is 1. The number of thiazole rings is 1. The number of carbonyl (C=O) groups is 1. The second kappa shape index (κ2) is 8.25. The molecule has 0 spiro atoms. The highest BCUT2D eigenvalue weighted by atomic mass is 32.1. The average Bonchev–Trinajstić information content (AvgIpc) is 3.47. The van der Waals surface area contributed by atoms with Crippen LogP contribution in [0.15, 0.2) is 5.38 Å². The molecule has 1 amide bonds. The summed E-state index contributed by atoms with van der Waals surface area (Å²) in [6.07, 6.45) is 7.48. The maximum Gasteiger partial charge on any atom is 0.228 e. The van der Waals surface area contributed by atoms with Gasteiger partial charge in [0, 0.05) is 48.7 Å². The summed E-state index contributed by atoms with van der Waals surface area (Å²) in [6, 6.07) is 0. The second-order valence-corrected chi connectivity index (χ2v) is 10.2. The van der Waals surface area contributed by atoms with E-state index in [1.54, 1.807) is 11.3 Å². The second-order valence-electron chi connectivity index (χ2n) is 9.18. The first-order chi connectivity index (χ1) is 14.6. The van der Waals surface area contributed by atoms with Gasteiger partial charge < -0.3 is 9.80 Å². The van der Waals surface area contributed by atoms with E-state index in [9.17, 15) is 4.79 Å². The zero-order valence-corrected chi connectivity index (χ0v) is 18.9. The summed E-state index contributed by atoms with van der Waals surface area (Å²) in [5.41, 5.74) is 3.37. The number of fused-ring (bicyclic) bond motifs is 1. The topological polar surface area (TPSA) is 62.2 Å². The van der Waals surface area contributed by atoms with Gasteiger partial charge in [-0.05, 0) is 58.3 Å². The van der Waals surface area contributed by atoms with Gasteiger partial charge in [0.1, 0.15) is 11.6 Å². The molecule has 0 N–H and O–H groups in total. The van der Waals surface area contributed by atoms with Crippen molar-refractivity contribution in [1.82, 2.24) is 19.9 Å². The van der Waals surface area contributed by atoms with Crippen LogP contribution in [0.2, 0.25) is 0 Å². The fraction of sp³-hybridized carbons (Fsp3) is 0.652. The minimum absolute atomic E-state index is 0.176. The lowest BCUT2D eigenvalue weighted by molar-refractivity contribution is -0.131. The van der Waals surface area contributed by atoms with Crippen molar-refractivity contribution < 1.29 is 4.79 Å². The quantitative estimate of drug-likeness (QED) is 0.732. The summed E-state index contributed by atoms with van der Waals surface area (Å²) < 4.78 is 0. The number of likely N-dealkylation sites (tertiary alicyclic amines) is 1. The van der Waals surface area contributed by atoms with Crippen molar-refractivity contribution in [2.75, 3.05) is 31.1 Å². The lowest BCUT2D eigenvalue weighted by atomic mass is 9.95. The molecule has 0 bridgehead atoms. The highest BCUT2D eigenvalue weighted by Crippen LogP contribution is 2.36. The number of rotatable bonds is 5. The summed E-state index contributed by atoms with van der Waals surface area (Å²) >= 11 is 1.61. The molecule has 2 fully saturated rings. The van der Waals surface area contributed by atoms with E-state index in [1.807, 2.05) is 17.2 Å². The van der Waals surface area contributed by atoms with Crippen LogP contribution < -0.4 is 4.90 Å². The van der Waals surface area contributed by atoms with Gasteiger partial charge in [0.05, 0.1) is 17.1 Å². The molecule has 7 heteroatoms. The molecule has 1 atom stereocenters. The highest BCUT2D eigenvalue weighted by molar-refractivity contribution is 7.09. The molecule has 0 radical (unpaired) electrons. The van der Waals surface area contributed by atoms with Gasteiger partial charge >= 0.3 is 0 Å². The predicted octanol–water partition coefficient (Wildman–Crippen LogP) is 3.66. The molecule has 30 heavy (non-hydrogen) atoms. The van der Waals surface area contributed by atoms with Gasteiger partial charge in [0.2, 0.25) is 5.91 Å². The number of anilines is 1. The number of piperidine rings is 1. The predicted molar refractivity (Wildman–Crippen MR) is 119 cm³/mol. The number of carbonyl (C=O) groups excluding carboxylic acids is 1. The average molecular weight is 426 g/mol. The van der Waals surface area contributed by atoms with Crippen LogP contribution in [0.3, 0.4) is 0 Å². The Labute approximate surface area is 182 Å². The largest absolute Gasteiger partial charge is 0.356 e. The molecule has 1 saturated carbocycles. The van der Waals surface area contributed by atoms with Crippen LogP contribution in [0, 0.1) is 19.8 Å². The highest BCUT2D eigenvalue weighted by Gasteiger charge is 2.31. The van der Waals surface area contributed by atoms with Crippen LogP contribution in [0.1, 0.15) is 65.8 Å². The van der Waals surface area contributed by atoms with Crippen LogP contribution in [0.4, 0.5) is 5.82 Å². The van der Waals surface area contributed by atoms with Crippen LogP contribution in [0.5, 0.6) is 0 Å². The first-order valence-electron chi connectivity index (χ1n) is 11.4. The Bertz CT molecular complexity index is 938. The summed E-state index contributed by atoms with van der Waals surface area (Å²) in [5, 5.41) is 3.02. The summed E-state index contributed by atoms with van der Waals surface area (Å²) in [4.78, 5) is 31.9. The van der Waals surface area contributed by atoms with E-state index in [1.165, 1.54) is 30.6 Å². The molecule has 4 heterocycles. The fourth-order valence-corrected chi connectivity index (χ4v) is 5.46. The van der Waals surface area contributed by atoms with Gasteiger partial charge in [-0.3, -0.25) is 4.79 Å². The van der Waals surface area contributed by atoms with E-state index >= 15 is 0 Å². The van der Waals surface area contributed by atoms with Crippen molar-refractivity contribution >= 4 is 23.1 Å². The summed E-state index contributed by atoms with van der Waals surface area (Å²) in [5.74, 6) is 3.38. The number of aromatic nitrogens is 3. The molecule has 1 unspecified atom stereocenters. The lowest BCUT2D eigenvalue weighted by Gasteiger charge is -2.34. The fourth-order valence-electron chi connectivity index (χ4n) is 4.85. The van der Waals surface area contributed by atoms with E-state index < -0.39 is 0 Å². The molecule has 1 aliphatic carbocycles. The van der Waals surface area contributed by atoms with E-state index in [4.69, 9.17) is 9.97 Å². The Balaban J connectivity index is 1.33. The molecule has 5 rings (SSSR count). The smallest absolute Gasteiger partial charge is 0.228 e. The number of nitrogens with zero attached hydrogens (tertiary/aromatic N) is 5. The van der Waals surface area contributed by atoms with Gasteiger partial charge in [0.15, 0.2) is 0 Å². The summed E-state index contributed by atoms with van der Waals surface area (Å²) in [7, 11) is 0. The van der Waals surface area contributed by atoms with E-state index in [0.29, 0.717) is 6.42 Å². The van der Waals surface area contributed by atoms with Crippen LogP contribution in [-0.2, 0) is 17.6 Å². The monoisotopic (exact) mass is 425 g/mol. The van der Waals surface area contributed by atoms with Crippen molar-refractivity contribution in [3.05, 3.63) is 33.2 Å². The van der Waals surface area contributed by atoms with E-state index in [-0.39, 0.29) is 11.8 Å². The van der Waals surface area contributed by atoms with E-state index in [0.717, 1.165) is 73.6 Å². The van der Waals surface area contributed by atoms with Crippen molar-refractivity contribution in [2.45, 2.75) is 64.7 Å². The van der Waals surface area contributed by atoms with Crippen molar-refractivity contribution in [1.29, 1.82) is 0 Å². The molecule has 2 aliphatic heterocycles. The Kier molecular flexibility index (Phi) is 5.48. The molecule has 3 aliphatic rings. The number of hydrogen-bond donors (Lipinski definition) is 0. The molecule has 160 valence electrons. The molecule has 0 aromatic carbocycles.